The van der Waals surface area contributed by atoms with Gasteiger partial charge in [-0.1, -0.05) is 28.1 Å². The molecule has 2 rings (SSSR count). The molecule has 24 heavy (non-hydrogen) atoms. The summed E-state index contributed by atoms with van der Waals surface area (Å²) in [6, 6.07) is 15.1. The van der Waals surface area contributed by atoms with Crippen molar-refractivity contribution in [3.05, 3.63) is 69.7 Å². The number of esters is 1. The van der Waals surface area contributed by atoms with Gasteiger partial charge in [0.2, 0.25) is 0 Å². The molecule has 0 radical (unpaired) electrons. The molecule has 2 aromatic rings. The SMILES string of the molecule is COC(=O)CC(NC(=O)c1ccc(C#N)cc1)c1ccc(Br)cc1. The Morgan fingerprint density at radius 1 is 1.17 bits per heavy atom. The van der Waals surface area contributed by atoms with Gasteiger partial charge in [0, 0.05) is 10.0 Å². The number of amides is 1. The molecule has 1 amide bonds. The van der Waals surface area contributed by atoms with E-state index in [-0.39, 0.29) is 12.3 Å². The van der Waals surface area contributed by atoms with Crippen LogP contribution in [-0.4, -0.2) is 19.0 Å². The van der Waals surface area contributed by atoms with E-state index in [1.165, 1.54) is 7.11 Å². The number of nitriles is 1. The maximum absolute atomic E-state index is 12.4. The normalized spacial score (nSPS) is 11.2. The second kappa shape index (κ2) is 8.27. The topological polar surface area (TPSA) is 79.2 Å². The average molecular weight is 387 g/mol. The van der Waals surface area contributed by atoms with Gasteiger partial charge in [0.25, 0.3) is 5.91 Å². The van der Waals surface area contributed by atoms with Crippen LogP contribution in [0.1, 0.15) is 33.9 Å². The Morgan fingerprint density at radius 3 is 2.33 bits per heavy atom. The summed E-state index contributed by atoms with van der Waals surface area (Å²) in [5, 5.41) is 11.6. The monoisotopic (exact) mass is 386 g/mol. The van der Waals surface area contributed by atoms with Crippen LogP contribution in [0.4, 0.5) is 0 Å². The lowest BCUT2D eigenvalue weighted by Gasteiger charge is -2.18. The molecule has 0 bridgehead atoms. The first-order valence-corrected chi connectivity index (χ1v) is 7.96. The average Bonchev–Trinajstić information content (AvgIpc) is 2.61. The minimum absolute atomic E-state index is 0.0279. The number of nitrogens with zero attached hydrogens (tertiary/aromatic N) is 1. The number of rotatable bonds is 5. The van der Waals surface area contributed by atoms with Crippen LogP contribution in [0.5, 0.6) is 0 Å². The van der Waals surface area contributed by atoms with Gasteiger partial charge in [0.1, 0.15) is 0 Å². The summed E-state index contributed by atoms with van der Waals surface area (Å²) in [5.74, 6) is -0.737. The van der Waals surface area contributed by atoms with E-state index in [1.807, 2.05) is 30.3 Å². The third kappa shape index (κ3) is 4.67. The molecule has 0 aliphatic heterocycles. The molecule has 0 spiro atoms. The fourth-order valence-corrected chi connectivity index (χ4v) is 2.40. The van der Waals surface area contributed by atoms with E-state index >= 15 is 0 Å². The molecule has 0 heterocycles. The minimum Gasteiger partial charge on any atom is -0.469 e. The number of hydrogen-bond donors (Lipinski definition) is 1. The summed E-state index contributed by atoms with van der Waals surface area (Å²) in [7, 11) is 1.31. The van der Waals surface area contributed by atoms with Crippen LogP contribution in [0.3, 0.4) is 0 Å². The zero-order valence-electron chi connectivity index (χ0n) is 13.0. The van der Waals surface area contributed by atoms with E-state index in [9.17, 15) is 9.59 Å². The van der Waals surface area contributed by atoms with Gasteiger partial charge in [-0.05, 0) is 42.0 Å². The van der Waals surface area contributed by atoms with Crippen LogP contribution in [-0.2, 0) is 9.53 Å². The predicted molar refractivity (Wildman–Crippen MR) is 92.1 cm³/mol. The molecule has 122 valence electrons. The van der Waals surface area contributed by atoms with Crippen LogP contribution in [0.25, 0.3) is 0 Å². The summed E-state index contributed by atoms with van der Waals surface area (Å²) < 4.78 is 5.61. The van der Waals surface area contributed by atoms with Crippen molar-refractivity contribution < 1.29 is 14.3 Å². The molecule has 0 saturated carbocycles. The van der Waals surface area contributed by atoms with Crippen molar-refractivity contribution in [1.82, 2.24) is 5.32 Å². The second-order valence-electron chi connectivity index (χ2n) is 5.05. The van der Waals surface area contributed by atoms with E-state index < -0.39 is 12.0 Å². The highest BCUT2D eigenvalue weighted by Gasteiger charge is 2.19. The van der Waals surface area contributed by atoms with Gasteiger partial charge in [-0.25, -0.2) is 0 Å². The van der Waals surface area contributed by atoms with Crippen LogP contribution in [0.15, 0.2) is 53.0 Å². The lowest BCUT2D eigenvalue weighted by atomic mass is 10.0. The van der Waals surface area contributed by atoms with Gasteiger partial charge in [-0.2, -0.15) is 5.26 Å². The fourth-order valence-electron chi connectivity index (χ4n) is 2.14. The highest BCUT2D eigenvalue weighted by Crippen LogP contribution is 2.21. The fraction of sp³-hybridized carbons (Fsp3) is 0.167. The van der Waals surface area contributed by atoms with Crippen molar-refractivity contribution in [3.8, 4) is 6.07 Å². The molecule has 1 unspecified atom stereocenters. The van der Waals surface area contributed by atoms with Crippen molar-refractivity contribution in [2.45, 2.75) is 12.5 Å². The molecule has 0 aromatic heterocycles. The molecule has 0 aliphatic carbocycles. The van der Waals surface area contributed by atoms with E-state index in [1.54, 1.807) is 24.3 Å². The number of halogens is 1. The van der Waals surface area contributed by atoms with E-state index in [0.717, 1.165) is 10.0 Å². The summed E-state index contributed by atoms with van der Waals surface area (Å²) in [6.45, 7) is 0. The first-order chi connectivity index (χ1) is 11.5. The Morgan fingerprint density at radius 2 is 1.79 bits per heavy atom. The molecular formula is C18H15BrN2O3. The first kappa shape index (κ1) is 17.7. The smallest absolute Gasteiger partial charge is 0.307 e. The Hall–Kier alpha value is -2.65. The second-order valence-corrected chi connectivity index (χ2v) is 5.96. The van der Waals surface area contributed by atoms with Gasteiger partial charge >= 0.3 is 5.97 Å². The van der Waals surface area contributed by atoms with Gasteiger partial charge in [0.05, 0.1) is 31.2 Å². The molecule has 0 saturated heterocycles. The van der Waals surface area contributed by atoms with Crippen molar-refractivity contribution in [2.75, 3.05) is 7.11 Å². The van der Waals surface area contributed by atoms with Gasteiger partial charge in [-0.15, -0.1) is 0 Å². The first-order valence-electron chi connectivity index (χ1n) is 7.17. The van der Waals surface area contributed by atoms with E-state index in [2.05, 4.69) is 21.2 Å². The van der Waals surface area contributed by atoms with Crippen LogP contribution in [0, 0.1) is 11.3 Å². The van der Waals surface area contributed by atoms with Gasteiger partial charge in [0.15, 0.2) is 0 Å². The number of ether oxygens (including phenoxy) is 1. The standard InChI is InChI=1S/C18H15BrN2O3/c1-24-17(22)10-16(13-6-8-15(19)9-7-13)21-18(23)14-4-2-12(11-20)3-5-14/h2-9,16H,10H2,1H3,(H,21,23). The maximum Gasteiger partial charge on any atom is 0.307 e. The Balaban J connectivity index is 2.20. The summed E-state index contributed by atoms with van der Waals surface area (Å²) in [6.07, 6.45) is 0.0279. The molecule has 2 aromatic carbocycles. The Labute approximate surface area is 148 Å². The van der Waals surface area contributed by atoms with E-state index in [4.69, 9.17) is 10.00 Å². The molecule has 0 aliphatic rings. The highest BCUT2D eigenvalue weighted by molar-refractivity contribution is 9.10. The summed E-state index contributed by atoms with van der Waals surface area (Å²) >= 11 is 3.35. The van der Waals surface area contributed by atoms with Crippen molar-refractivity contribution in [3.63, 3.8) is 0 Å². The van der Waals surface area contributed by atoms with Gasteiger partial charge < -0.3 is 10.1 Å². The quantitative estimate of drug-likeness (QED) is 0.798. The Bertz CT molecular complexity index is 764. The molecule has 1 N–H and O–H groups in total. The van der Waals surface area contributed by atoms with Gasteiger partial charge in [-0.3, -0.25) is 9.59 Å². The van der Waals surface area contributed by atoms with Crippen LogP contribution in [0.2, 0.25) is 0 Å². The number of carbonyl (C=O) groups is 2. The van der Waals surface area contributed by atoms with E-state index in [0.29, 0.717) is 11.1 Å². The Kier molecular flexibility index (Phi) is 6.10. The predicted octanol–water partition coefficient (Wildman–Crippen LogP) is 3.35. The highest BCUT2D eigenvalue weighted by atomic mass is 79.9. The van der Waals surface area contributed by atoms with Crippen molar-refractivity contribution >= 4 is 27.8 Å². The number of hydrogen-bond acceptors (Lipinski definition) is 4. The lowest BCUT2D eigenvalue weighted by Crippen LogP contribution is -2.30. The minimum atomic E-state index is -0.506. The van der Waals surface area contributed by atoms with Crippen LogP contribution >= 0.6 is 15.9 Å². The number of methoxy groups -OCH3 is 1. The summed E-state index contributed by atoms with van der Waals surface area (Å²) in [4.78, 5) is 24.1. The van der Waals surface area contributed by atoms with Crippen molar-refractivity contribution in [1.29, 1.82) is 5.26 Å². The molecule has 6 heteroatoms. The zero-order valence-corrected chi connectivity index (χ0v) is 14.5. The summed E-state index contributed by atoms with van der Waals surface area (Å²) in [5.41, 5.74) is 1.69. The molecule has 5 nitrogen and oxygen atoms in total. The largest absolute Gasteiger partial charge is 0.469 e. The molecule has 0 fully saturated rings. The molecule has 1 atom stereocenters. The maximum atomic E-state index is 12.4. The van der Waals surface area contributed by atoms with Crippen molar-refractivity contribution in [2.24, 2.45) is 0 Å². The number of nitrogens with one attached hydrogen (secondary N) is 1. The number of benzene rings is 2. The third-order valence-corrected chi connectivity index (χ3v) is 3.98. The zero-order chi connectivity index (χ0) is 17.5. The lowest BCUT2D eigenvalue weighted by molar-refractivity contribution is -0.141. The molecular weight excluding hydrogens is 372 g/mol. The van der Waals surface area contributed by atoms with Crippen LogP contribution < -0.4 is 5.32 Å². The third-order valence-electron chi connectivity index (χ3n) is 3.45. The number of carbonyl (C=O) groups excluding carboxylic acids is 2.